The number of carbonyl (C=O) groups is 3. The van der Waals surface area contributed by atoms with Gasteiger partial charge >= 0.3 is 11.9 Å². The van der Waals surface area contributed by atoms with Gasteiger partial charge in [0.2, 0.25) is 5.95 Å². The molecule has 0 spiro atoms. The summed E-state index contributed by atoms with van der Waals surface area (Å²) in [7, 11) is 2.95. The average molecular weight is 499 g/mol. The van der Waals surface area contributed by atoms with E-state index in [1.54, 1.807) is 48.5 Å². The van der Waals surface area contributed by atoms with Gasteiger partial charge in [-0.15, -0.1) is 0 Å². The highest BCUT2D eigenvalue weighted by molar-refractivity contribution is 6.51. The molecule has 1 aliphatic heterocycles. The number of ether oxygens (including phenoxy) is 2. The van der Waals surface area contributed by atoms with Crippen molar-refractivity contribution in [2.45, 2.75) is 6.04 Å². The second-order valence-corrected chi connectivity index (χ2v) is 8.24. The molecule has 10 nitrogen and oxygen atoms in total. The molecule has 0 radical (unpaired) electrons. The van der Waals surface area contributed by atoms with Gasteiger partial charge in [-0.05, 0) is 48.0 Å². The van der Waals surface area contributed by atoms with Gasteiger partial charge < -0.3 is 24.7 Å². The number of imidazole rings is 1. The van der Waals surface area contributed by atoms with Gasteiger partial charge in [-0.3, -0.25) is 14.5 Å². The van der Waals surface area contributed by atoms with Crippen LogP contribution in [0.15, 0.2) is 72.3 Å². The van der Waals surface area contributed by atoms with E-state index in [1.165, 1.54) is 32.4 Å². The highest BCUT2D eigenvalue weighted by Gasteiger charge is 2.48. The van der Waals surface area contributed by atoms with Crippen LogP contribution in [0.2, 0.25) is 0 Å². The van der Waals surface area contributed by atoms with Crippen LogP contribution in [0.1, 0.15) is 27.5 Å². The Kier molecular flexibility index (Phi) is 5.84. The van der Waals surface area contributed by atoms with E-state index >= 15 is 0 Å². The third-order valence-corrected chi connectivity index (χ3v) is 6.18. The Morgan fingerprint density at radius 1 is 0.973 bits per heavy atom. The fourth-order valence-corrected chi connectivity index (χ4v) is 4.38. The molecule has 2 heterocycles. The Balaban J connectivity index is 1.73. The smallest absolute Gasteiger partial charge is 0.335 e. The number of carbonyl (C=O) groups excluding carboxylic acids is 2. The number of carboxylic acids is 1. The minimum atomic E-state index is -1.12. The fourth-order valence-electron chi connectivity index (χ4n) is 4.38. The first-order chi connectivity index (χ1) is 17.8. The molecule has 1 fully saturated rings. The third-order valence-electron chi connectivity index (χ3n) is 6.18. The summed E-state index contributed by atoms with van der Waals surface area (Å²) in [4.78, 5) is 46.7. The van der Waals surface area contributed by atoms with E-state index in [1.807, 2.05) is 0 Å². The zero-order valence-electron chi connectivity index (χ0n) is 19.8. The average Bonchev–Trinajstić information content (AvgIpc) is 3.45. The molecule has 1 amide bonds. The molecule has 1 unspecified atom stereocenters. The summed E-state index contributed by atoms with van der Waals surface area (Å²) in [6.45, 7) is 0. The molecule has 0 saturated carbocycles. The number of aliphatic hydroxyl groups is 1. The zero-order valence-corrected chi connectivity index (χ0v) is 19.8. The second-order valence-electron chi connectivity index (χ2n) is 8.24. The predicted octanol–water partition coefficient (Wildman–Crippen LogP) is 3.90. The molecule has 5 rings (SSSR count). The van der Waals surface area contributed by atoms with Crippen molar-refractivity contribution in [3.8, 4) is 11.5 Å². The summed E-state index contributed by atoms with van der Waals surface area (Å²) < 4.78 is 10.6. The first-order valence-corrected chi connectivity index (χ1v) is 11.2. The first-order valence-electron chi connectivity index (χ1n) is 11.2. The van der Waals surface area contributed by atoms with E-state index < -0.39 is 29.5 Å². The lowest BCUT2D eigenvalue weighted by molar-refractivity contribution is -0.132. The van der Waals surface area contributed by atoms with Gasteiger partial charge in [-0.25, -0.2) is 9.78 Å². The van der Waals surface area contributed by atoms with Crippen molar-refractivity contribution in [2.24, 2.45) is 0 Å². The molecule has 3 aromatic carbocycles. The number of aliphatic hydroxyl groups excluding tert-OH is 1. The summed E-state index contributed by atoms with van der Waals surface area (Å²) in [5, 5.41) is 20.7. The van der Waals surface area contributed by atoms with Crippen LogP contribution in [0.4, 0.5) is 5.95 Å². The molecule has 1 saturated heterocycles. The number of H-pyrrole nitrogens is 1. The Morgan fingerprint density at radius 2 is 1.70 bits per heavy atom. The van der Waals surface area contributed by atoms with Gasteiger partial charge in [0.05, 0.1) is 48.0 Å². The van der Waals surface area contributed by atoms with Gasteiger partial charge in [0.25, 0.3) is 5.78 Å². The lowest BCUT2D eigenvalue weighted by atomic mass is 9.95. The number of nitrogens with one attached hydrogen (secondary N) is 1. The van der Waals surface area contributed by atoms with E-state index in [-0.39, 0.29) is 22.6 Å². The van der Waals surface area contributed by atoms with Crippen LogP contribution < -0.4 is 14.4 Å². The number of rotatable bonds is 6. The quantitative estimate of drug-likeness (QED) is 0.206. The number of methoxy groups -OCH3 is 2. The molecular weight excluding hydrogens is 478 g/mol. The number of aromatic carboxylic acids is 1. The Hall–Kier alpha value is -5.12. The van der Waals surface area contributed by atoms with Gasteiger partial charge in [-0.2, -0.15) is 0 Å². The van der Waals surface area contributed by atoms with Crippen molar-refractivity contribution in [1.29, 1.82) is 0 Å². The molecule has 186 valence electrons. The molecule has 37 heavy (non-hydrogen) atoms. The number of benzene rings is 3. The zero-order chi connectivity index (χ0) is 26.3. The minimum Gasteiger partial charge on any atom is -0.507 e. The number of ketones is 1. The summed E-state index contributed by atoms with van der Waals surface area (Å²) in [6, 6.07) is 16.6. The van der Waals surface area contributed by atoms with Crippen molar-refractivity contribution in [2.75, 3.05) is 19.1 Å². The number of hydrogen-bond donors (Lipinski definition) is 3. The van der Waals surface area contributed by atoms with E-state index in [0.717, 1.165) is 4.90 Å². The normalized spacial score (nSPS) is 16.8. The van der Waals surface area contributed by atoms with Crippen molar-refractivity contribution in [3.63, 3.8) is 0 Å². The number of aromatic amines is 1. The van der Waals surface area contributed by atoms with Crippen LogP contribution in [0.3, 0.4) is 0 Å². The van der Waals surface area contributed by atoms with Crippen molar-refractivity contribution < 1.29 is 34.1 Å². The number of Topliss-reactive ketones (excluding diaryl/α,β-unsaturated/α-hetero) is 1. The SMILES string of the molecule is COc1ccc(C2/C(=C(\O)c3ccccc3OC)C(=O)C(=O)N2c2nc3ccc(C(=O)O)cc3[nH]2)cc1. The number of nitrogens with zero attached hydrogens (tertiary/aromatic N) is 2. The van der Waals surface area contributed by atoms with Crippen LogP contribution in [-0.2, 0) is 9.59 Å². The monoisotopic (exact) mass is 499 g/mol. The molecule has 0 bridgehead atoms. The van der Waals surface area contributed by atoms with Crippen LogP contribution in [0.5, 0.6) is 11.5 Å². The van der Waals surface area contributed by atoms with Gasteiger partial charge in [0, 0.05) is 0 Å². The third kappa shape index (κ3) is 3.94. The highest BCUT2D eigenvalue weighted by Crippen LogP contribution is 2.43. The highest BCUT2D eigenvalue weighted by atomic mass is 16.5. The predicted molar refractivity (Wildman–Crippen MR) is 134 cm³/mol. The first kappa shape index (κ1) is 23.6. The van der Waals surface area contributed by atoms with Crippen LogP contribution in [-0.4, -0.2) is 52.1 Å². The summed E-state index contributed by atoms with van der Waals surface area (Å²) in [5.74, 6) is -2.41. The number of para-hydroxylation sites is 1. The molecule has 1 aromatic heterocycles. The number of amides is 1. The van der Waals surface area contributed by atoms with Crippen molar-refractivity contribution in [1.82, 2.24) is 9.97 Å². The molecule has 1 atom stereocenters. The molecule has 0 aliphatic carbocycles. The Bertz CT molecular complexity index is 1590. The van der Waals surface area contributed by atoms with E-state index in [4.69, 9.17) is 9.47 Å². The lowest BCUT2D eigenvalue weighted by Gasteiger charge is -2.23. The van der Waals surface area contributed by atoms with Crippen LogP contribution >= 0.6 is 0 Å². The summed E-state index contributed by atoms with van der Waals surface area (Å²) in [6.07, 6.45) is 0. The van der Waals surface area contributed by atoms with E-state index in [0.29, 0.717) is 28.1 Å². The minimum absolute atomic E-state index is 0.0273. The summed E-state index contributed by atoms with van der Waals surface area (Å²) in [5.41, 5.74) is 1.43. The number of carboxylic acid groups (broad SMARTS) is 1. The maximum Gasteiger partial charge on any atom is 0.335 e. The Morgan fingerprint density at radius 3 is 2.38 bits per heavy atom. The second kappa shape index (κ2) is 9.15. The summed E-state index contributed by atoms with van der Waals surface area (Å²) >= 11 is 0. The fraction of sp³-hybridized carbons (Fsp3) is 0.111. The standard InChI is InChI=1S/C27H21N3O7/c1-36-16-10-7-14(8-11-16)22-21(23(31)17-5-3-4-6-20(17)37-2)24(32)25(33)30(22)27-28-18-12-9-15(26(34)35)13-19(18)29-27/h3-13,22,31H,1-2H3,(H,28,29)(H,34,35)/b23-21+. The largest absolute Gasteiger partial charge is 0.507 e. The molecule has 1 aliphatic rings. The molecule has 4 aromatic rings. The van der Waals surface area contributed by atoms with Crippen molar-refractivity contribution in [3.05, 3.63) is 89.0 Å². The number of hydrogen-bond acceptors (Lipinski definition) is 7. The molecular formula is C27H21N3O7. The van der Waals surface area contributed by atoms with Crippen LogP contribution in [0, 0.1) is 0 Å². The van der Waals surface area contributed by atoms with Gasteiger partial charge in [0.15, 0.2) is 0 Å². The number of aromatic nitrogens is 2. The maximum absolute atomic E-state index is 13.4. The van der Waals surface area contributed by atoms with Crippen molar-refractivity contribution >= 4 is 40.4 Å². The molecule has 3 N–H and O–H groups in total. The van der Waals surface area contributed by atoms with E-state index in [9.17, 15) is 24.6 Å². The topological polar surface area (TPSA) is 142 Å². The molecule has 10 heteroatoms. The van der Waals surface area contributed by atoms with Gasteiger partial charge in [-0.1, -0.05) is 24.3 Å². The lowest BCUT2D eigenvalue weighted by Crippen LogP contribution is -2.30. The number of fused-ring (bicyclic) bond motifs is 1. The Labute approximate surface area is 210 Å². The van der Waals surface area contributed by atoms with E-state index in [2.05, 4.69) is 9.97 Å². The van der Waals surface area contributed by atoms with Gasteiger partial charge in [0.1, 0.15) is 17.3 Å². The van der Waals surface area contributed by atoms with Crippen LogP contribution in [0.25, 0.3) is 16.8 Å². The maximum atomic E-state index is 13.4. The number of anilines is 1.